The first-order chi connectivity index (χ1) is 9.97. The highest BCUT2D eigenvalue weighted by atomic mass is 19.1. The molecule has 3 rings (SSSR count). The van der Waals surface area contributed by atoms with E-state index in [-0.39, 0.29) is 5.56 Å². The van der Waals surface area contributed by atoms with Crippen LogP contribution in [0.3, 0.4) is 0 Å². The van der Waals surface area contributed by atoms with Crippen LogP contribution < -0.4 is 0 Å². The molecule has 1 aromatic heterocycles. The number of carbonyl (C=O) groups is 1. The predicted molar refractivity (Wildman–Crippen MR) is 80.0 cm³/mol. The van der Waals surface area contributed by atoms with Crippen molar-refractivity contribution in [2.75, 3.05) is 0 Å². The molecule has 1 N–H and O–H groups in total. The Kier molecular flexibility index (Phi) is 3.01. The summed E-state index contributed by atoms with van der Waals surface area (Å²) in [6.45, 7) is 2.01. The quantitative estimate of drug-likeness (QED) is 0.772. The summed E-state index contributed by atoms with van der Waals surface area (Å²) >= 11 is 0. The molecule has 1 heterocycles. The SMILES string of the molecule is Cc1ccc(-c2cn(C)c3cc(C(=O)O)c(F)cc23)cc1. The predicted octanol–water partition coefficient (Wildman–Crippen LogP) is 3.99. The van der Waals surface area contributed by atoms with Gasteiger partial charge in [-0.05, 0) is 24.6 Å². The smallest absolute Gasteiger partial charge is 0.338 e. The Morgan fingerprint density at radius 1 is 1.19 bits per heavy atom. The zero-order chi connectivity index (χ0) is 15.1. The van der Waals surface area contributed by atoms with Gasteiger partial charge in [0.25, 0.3) is 0 Å². The molecule has 0 radical (unpaired) electrons. The second kappa shape index (κ2) is 4.74. The monoisotopic (exact) mass is 283 g/mol. The number of benzene rings is 2. The van der Waals surface area contributed by atoms with Gasteiger partial charge in [0.15, 0.2) is 0 Å². The van der Waals surface area contributed by atoms with Gasteiger partial charge in [-0.25, -0.2) is 9.18 Å². The third-order valence-electron chi connectivity index (χ3n) is 3.67. The van der Waals surface area contributed by atoms with Crippen LogP contribution in [-0.2, 0) is 7.05 Å². The first-order valence-electron chi connectivity index (χ1n) is 6.56. The van der Waals surface area contributed by atoms with Crippen molar-refractivity contribution >= 4 is 16.9 Å². The zero-order valence-corrected chi connectivity index (χ0v) is 11.7. The fourth-order valence-electron chi connectivity index (χ4n) is 2.53. The molecule has 21 heavy (non-hydrogen) atoms. The lowest BCUT2D eigenvalue weighted by Crippen LogP contribution is -2.00. The number of nitrogens with zero attached hydrogens (tertiary/aromatic N) is 1. The zero-order valence-electron chi connectivity index (χ0n) is 11.7. The second-order valence-corrected chi connectivity index (χ2v) is 5.17. The highest BCUT2D eigenvalue weighted by molar-refractivity contribution is 6.00. The molecule has 3 aromatic rings. The number of halogens is 1. The Hall–Kier alpha value is -2.62. The Labute approximate surface area is 121 Å². The summed E-state index contributed by atoms with van der Waals surface area (Å²) in [6, 6.07) is 10.6. The molecule has 0 saturated carbocycles. The molecular formula is C17H14FNO2. The number of aromatic nitrogens is 1. The van der Waals surface area contributed by atoms with Crippen LogP contribution in [0.1, 0.15) is 15.9 Å². The molecule has 0 aliphatic heterocycles. The summed E-state index contributed by atoms with van der Waals surface area (Å²) < 4.78 is 15.8. The second-order valence-electron chi connectivity index (χ2n) is 5.17. The molecule has 0 fully saturated rings. The van der Waals surface area contributed by atoms with Crippen molar-refractivity contribution in [3.8, 4) is 11.1 Å². The van der Waals surface area contributed by atoms with Crippen LogP contribution in [-0.4, -0.2) is 15.6 Å². The molecule has 0 amide bonds. The van der Waals surface area contributed by atoms with E-state index in [1.807, 2.05) is 49.0 Å². The van der Waals surface area contributed by atoms with E-state index in [1.54, 1.807) is 0 Å². The lowest BCUT2D eigenvalue weighted by atomic mass is 10.0. The number of hydrogen-bond donors (Lipinski definition) is 1. The maximum Gasteiger partial charge on any atom is 0.338 e. The highest BCUT2D eigenvalue weighted by Gasteiger charge is 2.16. The molecule has 0 bridgehead atoms. The third-order valence-corrected chi connectivity index (χ3v) is 3.67. The van der Waals surface area contributed by atoms with Crippen LogP contribution in [0.25, 0.3) is 22.0 Å². The molecule has 0 spiro atoms. The minimum Gasteiger partial charge on any atom is -0.478 e. The fourth-order valence-corrected chi connectivity index (χ4v) is 2.53. The summed E-state index contributed by atoms with van der Waals surface area (Å²) in [4.78, 5) is 11.0. The fraction of sp³-hybridized carbons (Fsp3) is 0.118. The maximum absolute atomic E-state index is 13.9. The van der Waals surface area contributed by atoms with Crippen molar-refractivity contribution in [3.63, 3.8) is 0 Å². The minimum absolute atomic E-state index is 0.306. The van der Waals surface area contributed by atoms with E-state index >= 15 is 0 Å². The Bertz CT molecular complexity index is 847. The van der Waals surface area contributed by atoms with Gasteiger partial charge in [-0.1, -0.05) is 29.8 Å². The average molecular weight is 283 g/mol. The van der Waals surface area contributed by atoms with Gasteiger partial charge >= 0.3 is 5.97 Å². The third kappa shape index (κ3) is 2.18. The standard InChI is InChI=1S/C17H14FNO2/c1-10-3-5-11(6-4-10)14-9-19(2)16-8-13(17(20)21)15(18)7-12(14)16/h3-9H,1-2H3,(H,20,21). The molecule has 4 heteroatoms. The van der Waals surface area contributed by atoms with Crippen molar-refractivity contribution in [2.24, 2.45) is 7.05 Å². The highest BCUT2D eigenvalue weighted by Crippen LogP contribution is 2.32. The first kappa shape index (κ1) is 13.4. The summed E-state index contributed by atoms with van der Waals surface area (Å²) in [5.74, 6) is -1.97. The number of aryl methyl sites for hydroxylation is 2. The lowest BCUT2D eigenvalue weighted by molar-refractivity contribution is 0.0692. The number of hydrogen-bond acceptors (Lipinski definition) is 1. The largest absolute Gasteiger partial charge is 0.478 e. The van der Waals surface area contributed by atoms with Crippen LogP contribution in [0.5, 0.6) is 0 Å². The Morgan fingerprint density at radius 2 is 1.86 bits per heavy atom. The van der Waals surface area contributed by atoms with E-state index in [2.05, 4.69) is 0 Å². The Morgan fingerprint density at radius 3 is 2.48 bits per heavy atom. The number of fused-ring (bicyclic) bond motifs is 1. The van der Waals surface area contributed by atoms with E-state index in [4.69, 9.17) is 5.11 Å². The van der Waals surface area contributed by atoms with Gasteiger partial charge < -0.3 is 9.67 Å². The van der Waals surface area contributed by atoms with E-state index < -0.39 is 11.8 Å². The average Bonchev–Trinajstić information content (AvgIpc) is 2.75. The van der Waals surface area contributed by atoms with Crippen molar-refractivity contribution in [3.05, 3.63) is 59.5 Å². The van der Waals surface area contributed by atoms with Crippen molar-refractivity contribution in [1.29, 1.82) is 0 Å². The number of carboxylic acid groups (broad SMARTS) is 1. The normalized spacial score (nSPS) is 11.0. The van der Waals surface area contributed by atoms with Crippen LogP contribution in [0, 0.1) is 12.7 Å². The summed E-state index contributed by atoms with van der Waals surface area (Å²) in [6.07, 6.45) is 1.89. The molecule has 0 unspecified atom stereocenters. The van der Waals surface area contributed by atoms with Crippen LogP contribution in [0.2, 0.25) is 0 Å². The molecule has 0 aliphatic rings. The molecule has 0 saturated heterocycles. The van der Waals surface area contributed by atoms with E-state index in [0.29, 0.717) is 10.9 Å². The van der Waals surface area contributed by atoms with Crippen LogP contribution in [0.15, 0.2) is 42.6 Å². The summed E-state index contributed by atoms with van der Waals surface area (Å²) in [7, 11) is 1.82. The van der Waals surface area contributed by atoms with Gasteiger partial charge in [-0.15, -0.1) is 0 Å². The summed E-state index contributed by atoms with van der Waals surface area (Å²) in [5.41, 5.74) is 3.42. The van der Waals surface area contributed by atoms with Gasteiger partial charge in [0.2, 0.25) is 0 Å². The van der Waals surface area contributed by atoms with E-state index in [1.165, 1.54) is 12.1 Å². The topological polar surface area (TPSA) is 42.2 Å². The first-order valence-corrected chi connectivity index (χ1v) is 6.56. The van der Waals surface area contributed by atoms with Crippen LogP contribution in [0.4, 0.5) is 4.39 Å². The van der Waals surface area contributed by atoms with Gasteiger partial charge in [0.05, 0.1) is 5.56 Å². The molecular weight excluding hydrogens is 269 g/mol. The van der Waals surface area contributed by atoms with Crippen molar-refractivity contribution < 1.29 is 14.3 Å². The van der Waals surface area contributed by atoms with E-state index in [0.717, 1.165) is 16.7 Å². The number of carboxylic acids is 1. The number of aromatic carboxylic acids is 1. The molecule has 2 aromatic carbocycles. The lowest BCUT2D eigenvalue weighted by Gasteiger charge is -2.02. The molecule has 106 valence electrons. The number of rotatable bonds is 2. The molecule has 0 aliphatic carbocycles. The van der Waals surface area contributed by atoms with Gasteiger partial charge in [-0.3, -0.25) is 0 Å². The van der Waals surface area contributed by atoms with Gasteiger partial charge in [0.1, 0.15) is 5.82 Å². The maximum atomic E-state index is 13.9. The van der Waals surface area contributed by atoms with E-state index in [9.17, 15) is 9.18 Å². The van der Waals surface area contributed by atoms with Gasteiger partial charge in [-0.2, -0.15) is 0 Å². The van der Waals surface area contributed by atoms with Crippen molar-refractivity contribution in [2.45, 2.75) is 6.92 Å². The van der Waals surface area contributed by atoms with Gasteiger partial charge in [0, 0.05) is 29.7 Å². The minimum atomic E-state index is -1.26. The summed E-state index contributed by atoms with van der Waals surface area (Å²) in [5, 5.41) is 9.73. The Balaban J connectivity index is 2.28. The van der Waals surface area contributed by atoms with Crippen molar-refractivity contribution in [1.82, 2.24) is 4.57 Å². The molecule has 0 atom stereocenters. The molecule has 3 nitrogen and oxygen atoms in total. The van der Waals surface area contributed by atoms with Crippen LogP contribution >= 0.6 is 0 Å².